The molecule has 2 amide bonds. The molecule has 0 aliphatic heterocycles. The number of hydrogen-bond acceptors (Lipinski definition) is 3. The first-order chi connectivity index (χ1) is 20.0. The van der Waals surface area contributed by atoms with Gasteiger partial charge in [0.15, 0.2) is 0 Å². The molecule has 0 saturated heterocycles. The average molecular weight is 553 g/mol. The minimum Gasteiger partial charge on any atom is -0.478 e. The monoisotopic (exact) mass is 552 g/mol. The lowest BCUT2D eigenvalue weighted by Gasteiger charge is -2.30. The van der Waals surface area contributed by atoms with Crippen LogP contribution >= 0.6 is 0 Å². The Hall–Kier alpha value is -4.24. The molecule has 0 aromatic heterocycles. The molecule has 3 aromatic carbocycles. The molecule has 0 radical (unpaired) electrons. The fourth-order valence-electron chi connectivity index (χ4n) is 4.96. The Balaban J connectivity index is 1.45. The number of carbonyl (C=O) groups is 2. The van der Waals surface area contributed by atoms with Crippen LogP contribution in [0.4, 0.5) is 4.79 Å². The van der Waals surface area contributed by atoms with E-state index in [1.807, 2.05) is 30.3 Å². The number of carbonyl (C=O) groups excluding carboxylic acids is 1. The fourth-order valence-corrected chi connectivity index (χ4v) is 4.96. The Morgan fingerprint density at radius 3 is 2.10 bits per heavy atom. The Morgan fingerprint density at radius 2 is 1.51 bits per heavy atom. The van der Waals surface area contributed by atoms with E-state index in [2.05, 4.69) is 48.3 Å². The number of aryl methyl sites for hydroxylation is 1. The van der Waals surface area contributed by atoms with Gasteiger partial charge in [0.2, 0.25) is 6.10 Å². The van der Waals surface area contributed by atoms with Crippen LogP contribution < -0.4 is 10.1 Å². The van der Waals surface area contributed by atoms with Crippen LogP contribution in [0.1, 0.15) is 74.1 Å². The second-order valence-corrected chi connectivity index (χ2v) is 10.7. The van der Waals surface area contributed by atoms with E-state index in [0.717, 1.165) is 48.8 Å². The van der Waals surface area contributed by atoms with Gasteiger partial charge >= 0.3 is 12.0 Å². The van der Waals surface area contributed by atoms with Gasteiger partial charge in [-0.05, 0) is 73.2 Å². The van der Waals surface area contributed by atoms with Crippen LogP contribution in [0, 0.1) is 11.8 Å². The molecule has 1 aliphatic rings. The SMILES string of the molecule is CCCCc1ccc(C#Cc2ccc(CN(CC(Oc3ccccc3)C(=O)O)C(=O)NC3CCCCC3)cc2)cc1. The molecular formula is C35H40N2O4. The number of nitrogens with one attached hydrogen (secondary N) is 1. The van der Waals surface area contributed by atoms with Crippen molar-refractivity contribution in [3.05, 3.63) is 101 Å². The number of amides is 2. The zero-order chi connectivity index (χ0) is 28.9. The quantitative estimate of drug-likeness (QED) is 0.256. The normalized spacial score (nSPS) is 13.9. The predicted octanol–water partition coefficient (Wildman–Crippen LogP) is 6.81. The molecule has 6 nitrogen and oxygen atoms in total. The van der Waals surface area contributed by atoms with Crippen molar-refractivity contribution >= 4 is 12.0 Å². The number of nitrogens with zero attached hydrogens (tertiary/aromatic N) is 1. The molecule has 2 N–H and O–H groups in total. The number of hydrogen-bond donors (Lipinski definition) is 2. The van der Waals surface area contributed by atoms with Crippen LogP contribution in [0.25, 0.3) is 0 Å². The zero-order valence-corrected chi connectivity index (χ0v) is 23.9. The molecule has 1 fully saturated rings. The van der Waals surface area contributed by atoms with Gasteiger partial charge in [0.05, 0.1) is 6.54 Å². The highest BCUT2D eigenvalue weighted by molar-refractivity contribution is 5.77. The summed E-state index contributed by atoms with van der Waals surface area (Å²) in [7, 11) is 0. The van der Waals surface area contributed by atoms with Crippen molar-refractivity contribution < 1.29 is 19.4 Å². The largest absolute Gasteiger partial charge is 0.478 e. The van der Waals surface area contributed by atoms with E-state index in [9.17, 15) is 14.7 Å². The van der Waals surface area contributed by atoms with Crippen molar-refractivity contribution in [2.75, 3.05) is 6.54 Å². The van der Waals surface area contributed by atoms with Crippen molar-refractivity contribution in [2.45, 2.75) is 77.0 Å². The maximum Gasteiger partial charge on any atom is 0.346 e. The van der Waals surface area contributed by atoms with E-state index >= 15 is 0 Å². The molecule has 0 bridgehead atoms. The third-order valence-corrected chi connectivity index (χ3v) is 7.35. The summed E-state index contributed by atoms with van der Waals surface area (Å²) in [5.74, 6) is 5.77. The van der Waals surface area contributed by atoms with Crippen LogP contribution in [0.3, 0.4) is 0 Å². The highest BCUT2D eigenvalue weighted by Gasteiger charge is 2.28. The van der Waals surface area contributed by atoms with Crippen molar-refractivity contribution in [1.82, 2.24) is 10.2 Å². The highest BCUT2D eigenvalue weighted by atomic mass is 16.5. The van der Waals surface area contributed by atoms with E-state index in [1.165, 1.54) is 29.7 Å². The second kappa shape index (κ2) is 15.5. The number of urea groups is 1. The summed E-state index contributed by atoms with van der Waals surface area (Å²) >= 11 is 0. The van der Waals surface area contributed by atoms with Gasteiger partial charge in [-0.15, -0.1) is 0 Å². The number of aliphatic carboxylic acids is 1. The third kappa shape index (κ3) is 9.72. The van der Waals surface area contributed by atoms with Crippen LogP contribution in [0.15, 0.2) is 78.9 Å². The summed E-state index contributed by atoms with van der Waals surface area (Å²) in [5.41, 5.74) is 4.06. The van der Waals surface area contributed by atoms with Gasteiger partial charge in [-0.3, -0.25) is 0 Å². The first-order valence-corrected chi connectivity index (χ1v) is 14.7. The lowest BCUT2D eigenvalue weighted by atomic mass is 9.96. The molecule has 214 valence electrons. The van der Waals surface area contributed by atoms with E-state index < -0.39 is 12.1 Å². The second-order valence-electron chi connectivity index (χ2n) is 10.7. The summed E-state index contributed by atoms with van der Waals surface area (Å²) in [6.07, 6.45) is 7.50. The number of para-hydroxylation sites is 1. The van der Waals surface area contributed by atoms with Gasteiger partial charge in [0.1, 0.15) is 5.75 Å². The maximum atomic E-state index is 13.4. The van der Waals surface area contributed by atoms with Gasteiger partial charge in [-0.1, -0.05) is 86.9 Å². The first-order valence-electron chi connectivity index (χ1n) is 14.7. The summed E-state index contributed by atoms with van der Waals surface area (Å²) < 4.78 is 5.76. The molecule has 1 aliphatic carbocycles. The maximum absolute atomic E-state index is 13.4. The molecular weight excluding hydrogens is 512 g/mol. The van der Waals surface area contributed by atoms with Crippen LogP contribution in [0.5, 0.6) is 5.75 Å². The molecule has 41 heavy (non-hydrogen) atoms. The Morgan fingerprint density at radius 1 is 0.902 bits per heavy atom. The van der Waals surface area contributed by atoms with E-state index in [-0.39, 0.29) is 25.2 Å². The zero-order valence-electron chi connectivity index (χ0n) is 23.9. The summed E-state index contributed by atoms with van der Waals surface area (Å²) in [6, 6.07) is 24.8. The third-order valence-electron chi connectivity index (χ3n) is 7.35. The standard InChI is InChI=1S/C35H40N2O4/c1-2-3-10-27-15-17-28(18-16-27)19-20-29-21-23-30(24-22-29)25-37(35(40)36-31-11-6-4-7-12-31)26-33(34(38)39)41-32-13-8-5-9-14-32/h5,8-9,13-18,21-24,31,33H,2-4,6-7,10-12,25-26H2,1H3,(H,36,40)(H,38,39). The minimum absolute atomic E-state index is 0.0847. The summed E-state index contributed by atoms with van der Waals surface area (Å²) in [6.45, 7) is 2.37. The van der Waals surface area contributed by atoms with Gasteiger partial charge in [-0.2, -0.15) is 0 Å². The van der Waals surface area contributed by atoms with Gasteiger partial charge in [0.25, 0.3) is 0 Å². The molecule has 0 spiro atoms. The average Bonchev–Trinajstić information content (AvgIpc) is 3.00. The van der Waals surface area contributed by atoms with Crippen LogP contribution in [-0.4, -0.2) is 40.7 Å². The Kier molecular flexibility index (Phi) is 11.3. The number of carboxylic acid groups (broad SMARTS) is 1. The van der Waals surface area contributed by atoms with Crippen LogP contribution in [0.2, 0.25) is 0 Å². The smallest absolute Gasteiger partial charge is 0.346 e. The fraction of sp³-hybridized carbons (Fsp3) is 0.371. The lowest BCUT2D eigenvalue weighted by Crippen LogP contribution is -2.49. The number of carboxylic acids is 1. The van der Waals surface area contributed by atoms with Crippen molar-refractivity contribution in [3.63, 3.8) is 0 Å². The van der Waals surface area contributed by atoms with Crippen molar-refractivity contribution in [3.8, 4) is 17.6 Å². The first kappa shape index (κ1) is 29.7. The highest BCUT2D eigenvalue weighted by Crippen LogP contribution is 2.19. The van der Waals surface area contributed by atoms with Crippen molar-refractivity contribution in [1.29, 1.82) is 0 Å². The molecule has 3 aromatic rings. The molecule has 0 heterocycles. The van der Waals surface area contributed by atoms with Gasteiger partial charge < -0.3 is 20.1 Å². The molecule has 6 heteroatoms. The summed E-state index contributed by atoms with van der Waals surface area (Å²) in [4.78, 5) is 27.0. The molecule has 4 rings (SSSR count). The van der Waals surface area contributed by atoms with Crippen LogP contribution in [-0.2, 0) is 17.8 Å². The molecule has 1 saturated carbocycles. The van der Waals surface area contributed by atoms with Gasteiger partial charge in [0, 0.05) is 23.7 Å². The number of unbranched alkanes of at least 4 members (excludes halogenated alkanes) is 1. The Bertz CT molecular complexity index is 1300. The van der Waals surface area contributed by atoms with E-state index in [1.54, 1.807) is 24.3 Å². The number of benzene rings is 3. The molecule has 1 unspecified atom stereocenters. The van der Waals surface area contributed by atoms with Crippen molar-refractivity contribution in [2.24, 2.45) is 0 Å². The van der Waals surface area contributed by atoms with E-state index in [4.69, 9.17) is 4.74 Å². The summed E-state index contributed by atoms with van der Waals surface area (Å²) in [5, 5.41) is 13.0. The predicted molar refractivity (Wildman–Crippen MR) is 162 cm³/mol. The number of rotatable bonds is 11. The topological polar surface area (TPSA) is 78.9 Å². The Labute approximate surface area is 243 Å². The number of ether oxygens (including phenoxy) is 1. The minimum atomic E-state index is -1.20. The lowest BCUT2D eigenvalue weighted by molar-refractivity contribution is -0.145. The van der Waals surface area contributed by atoms with E-state index in [0.29, 0.717) is 5.75 Å². The molecule has 1 atom stereocenters. The van der Waals surface area contributed by atoms with Gasteiger partial charge in [-0.25, -0.2) is 9.59 Å².